The molecule has 1 aromatic heterocycles. The van der Waals surface area contributed by atoms with E-state index < -0.39 is 0 Å². The summed E-state index contributed by atoms with van der Waals surface area (Å²) in [5.74, 6) is 0. The Morgan fingerprint density at radius 2 is 2.05 bits per heavy atom. The number of aromatic nitrogens is 2. The van der Waals surface area contributed by atoms with E-state index in [4.69, 9.17) is 0 Å². The average Bonchev–Trinajstić information content (AvgIpc) is 2.84. The quantitative estimate of drug-likeness (QED) is 0.885. The zero-order chi connectivity index (χ0) is 15.4. The summed E-state index contributed by atoms with van der Waals surface area (Å²) >= 11 is 0. The van der Waals surface area contributed by atoms with Crippen LogP contribution in [0.25, 0.3) is 0 Å². The Kier molecular flexibility index (Phi) is 5.15. The second-order valence-electron chi connectivity index (χ2n) is 5.90. The minimum atomic E-state index is 0.339. The SMILES string of the molecule is CNC(CN(C)Cc1cnn(C)c1)c1ccc(C)c(C)c1. The van der Waals surface area contributed by atoms with Gasteiger partial charge in [-0.1, -0.05) is 18.2 Å². The van der Waals surface area contributed by atoms with E-state index in [0.717, 1.165) is 13.1 Å². The molecule has 0 aliphatic heterocycles. The molecule has 0 aliphatic carbocycles. The lowest BCUT2D eigenvalue weighted by atomic mass is 10.0. The zero-order valence-corrected chi connectivity index (χ0v) is 13.7. The van der Waals surface area contributed by atoms with E-state index in [2.05, 4.69) is 60.6 Å². The van der Waals surface area contributed by atoms with Crippen LogP contribution in [0.2, 0.25) is 0 Å². The Bertz CT molecular complexity index is 588. The largest absolute Gasteiger partial charge is 0.312 e. The summed E-state index contributed by atoms with van der Waals surface area (Å²) < 4.78 is 1.85. The smallest absolute Gasteiger partial charge is 0.0534 e. The van der Waals surface area contributed by atoms with Crippen LogP contribution in [0.4, 0.5) is 0 Å². The van der Waals surface area contributed by atoms with Crippen LogP contribution in [0.15, 0.2) is 30.6 Å². The number of hydrogen-bond acceptors (Lipinski definition) is 3. The second kappa shape index (κ2) is 6.87. The van der Waals surface area contributed by atoms with Crippen LogP contribution < -0.4 is 5.32 Å². The number of likely N-dealkylation sites (N-methyl/N-ethyl adjacent to an activating group) is 2. The maximum absolute atomic E-state index is 4.22. The second-order valence-corrected chi connectivity index (χ2v) is 5.90. The number of hydrogen-bond donors (Lipinski definition) is 1. The van der Waals surface area contributed by atoms with E-state index in [1.54, 1.807) is 0 Å². The molecule has 1 N–H and O–H groups in total. The first-order valence-corrected chi connectivity index (χ1v) is 7.40. The molecule has 0 saturated heterocycles. The predicted octanol–water partition coefficient (Wildman–Crippen LogP) is 2.43. The van der Waals surface area contributed by atoms with Crippen LogP contribution in [0.3, 0.4) is 0 Å². The average molecular weight is 286 g/mol. The van der Waals surface area contributed by atoms with Crippen LogP contribution in [0.1, 0.15) is 28.3 Å². The lowest BCUT2D eigenvalue weighted by molar-refractivity contribution is 0.289. The summed E-state index contributed by atoms with van der Waals surface area (Å²) in [6.07, 6.45) is 4.00. The zero-order valence-electron chi connectivity index (χ0n) is 13.7. The van der Waals surface area contributed by atoms with Crippen molar-refractivity contribution in [3.05, 3.63) is 52.8 Å². The van der Waals surface area contributed by atoms with Gasteiger partial charge in [0, 0.05) is 37.9 Å². The van der Waals surface area contributed by atoms with Gasteiger partial charge >= 0.3 is 0 Å². The van der Waals surface area contributed by atoms with Gasteiger partial charge in [-0.05, 0) is 44.6 Å². The molecule has 0 spiro atoms. The van der Waals surface area contributed by atoms with Crippen molar-refractivity contribution in [1.82, 2.24) is 20.0 Å². The molecule has 1 atom stereocenters. The highest BCUT2D eigenvalue weighted by molar-refractivity contribution is 5.31. The van der Waals surface area contributed by atoms with Gasteiger partial charge in [-0.15, -0.1) is 0 Å². The van der Waals surface area contributed by atoms with Crippen molar-refractivity contribution in [3.63, 3.8) is 0 Å². The van der Waals surface area contributed by atoms with E-state index in [0.29, 0.717) is 6.04 Å². The van der Waals surface area contributed by atoms with Crippen molar-refractivity contribution in [3.8, 4) is 0 Å². The molecule has 0 bridgehead atoms. The van der Waals surface area contributed by atoms with Crippen molar-refractivity contribution in [1.29, 1.82) is 0 Å². The van der Waals surface area contributed by atoms with E-state index in [1.165, 1.54) is 22.3 Å². The van der Waals surface area contributed by atoms with Crippen LogP contribution in [-0.4, -0.2) is 35.3 Å². The molecule has 4 nitrogen and oxygen atoms in total. The summed E-state index contributed by atoms with van der Waals surface area (Å²) in [5.41, 5.74) is 5.29. The van der Waals surface area contributed by atoms with E-state index in [1.807, 2.05) is 25.0 Å². The van der Waals surface area contributed by atoms with Gasteiger partial charge in [0.15, 0.2) is 0 Å². The third-order valence-electron chi connectivity index (χ3n) is 3.99. The molecular formula is C17H26N4. The molecule has 0 amide bonds. The fraction of sp³-hybridized carbons (Fsp3) is 0.471. The van der Waals surface area contributed by atoms with Crippen molar-refractivity contribution >= 4 is 0 Å². The Morgan fingerprint density at radius 1 is 1.29 bits per heavy atom. The lowest BCUT2D eigenvalue weighted by Crippen LogP contribution is -2.31. The predicted molar refractivity (Wildman–Crippen MR) is 87.3 cm³/mol. The van der Waals surface area contributed by atoms with Crippen molar-refractivity contribution in [2.45, 2.75) is 26.4 Å². The highest BCUT2D eigenvalue weighted by Crippen LogP contribution is 2.18. The third-order valence-corrected chi connectivity index (χ3v) is 3.99. The lowest BCUT2D eigenvalue weighted by Gasteiger charge is -2.24. The Morgan fingerprint density at radius 3 is 2.62 bits per heavy atom. The van der Waals surface area contributed by atoms with Gasteiger partial charge in [-0.2, -0.15) is 5.10 Å². The van der Waals surface area contributed by atoms with E-state index >= 15 is 0 Å². The Balaban J connectivity index is 2.02. The molecule has 0 aliphatic rings. The molecule has 1 heterocycles. The standard InChI is InChI=1S/C17H26N4/c1-13-6-7-16(8-14(13)2)17(18-3)12-20(4)10-15-9-19-21(5)11-15/h6-9,11,17-18H,10,12H2,1-5H3. The summed E-state index contributed by atoms with van der Waals surface area (Å²) in [7, 11) is 6.13. The third kappa shape index (κ3) is 4.16. The molecule has 114 valence electrons. The van der Waals surface area contributed by atoms with Crippen LogP contribution in [-0.2, 0) is 13.6 Å². The van der Waals surface area contributed by atoms with Crippen LogP contribution in [0, 0.1) is 13.8 Å². The molecule has 2 aromatic rings. The fourth-order valence-electron chi connectivity index (χ4n) is 2.59. The monoisotopic (exact) mass is 286 g/mol. The highest BCUT2D eigenvalue weighted by atomic mass is 15.2. The first-order chi connectivity index (χ1) is 9.99. The van der Waals surface area contributed by atoms with Crippen molar-refractivity contribution < 1.29 is 0 Å². The maximum Gasteiger partial charge on any atom is 0.0534 e. The van der Waals surface area contributed by atoms with Gasteiger partial charge < -0.3 is 10.2 Å². The van der Waals surface area contributed by atoms with E-state index in [-0.39, 0.29) is 0 Å². The van der Waals surface area contributed by atoms with Gasteiger partial charge in [0.25, 0.3) is 0 Å². The fourth-order valence-corrected chi connectivity index (χ4v) is 2.59. The van der Waals surface area contributed by atoms with Crippen LogP contribution >= 0.6 is 0 Å². The van der Waals surface area contributed by atoms with Crippen molar-refractivity contribution in [2.75, 3.05) is 20.6 Å². The Labute approximate surface area is 127 Å². The molecule has 0 radical (unpaired) electrons. The number of nitrogens with zero attached hydrogens (tertiary/aromatic N) is 3. The van der Waals surface area contributed by atoms with E-state index in [9.17, 15) is 0 Å². The summed E-state index contributed by atoms with van der Waals surface area (Å²) in [6.45, 7) is 6.21. The molecule has 0 saturated carbocycles. The summed E-state index contributed by atoms with van der Waals surface area (Å²) in [5, 5.41) is 7.65. The molecule has 2 rings (SSSR count). The Hall–Kier alpha value is -1.65. The van der Waals surface area contributed by atoms with Gasteiger partial charge in [0.2, 0.25) is 0 Å². The normalized spacial score (nSPS) is 12.9. The first kappa shape index (κ1) is 15.7. The summed E-state index contributed by atoms with van der Waals surface area (Å²) in [4.78, 5) is 2.33. The minimum Gasteiger partial charge on any atom is -0.312 e. The highest BCUT2D eigenvalue weighted by Gasteiger charge is 2.13. The molecule has 0 fully saturated rings. The molecule has 1 unspecified atom stereocenters. The van der Waals surface area contributed by atoms with Crippen molar-refractivity contribution in [2.24, 2.45) is 7.05 Å². The maximum atomic E-state index is 4.22. The molecular weight excluding hydrogens is 260 g/mol. The molecule has 4 heteroatoms. The summed E-state index contributed by atoms with van der Waals surface area (Å²) in [6, 6.07) is 7.05. The van der Waals surface area contributed by atoms with Gasteiger partial charge in [-0.25, -0.2) is 0 Å². The number of rotatable bonds is 6. The first-order valence-electron chi connectivity index (χ1n) is 7.40. The van der Waals surface area contributed by atoms with Gasteiger partial charge in [-0.3, -0.25) is 4.68 Å². The van der Waals surface area contributed by atoms with Crippen LogP contribution in [0.5, 0.6) is 0 Å². The topological polar surface area (TPSA) is 33.1 Å². The molecule has 1 aromatic carbocycles. The number of nitrogens with one attached hydrogen (secondary N) is 1. The van der Waals surface area contributed by atoms with Gasteiger partial charge in [0.05, 0.1) is 6.20 Å². The minimum absolute atomic E-state index is 0.339. The number of benzene rings is 1. The van der Waals surface area contributed by atoms with Gasteiger partial charge in [0.1, 0.15) is 0 Å². The molecule has 21 heavy (non-hydrogen) atoms. The number of aryl methyl sites for hydroxylation is 3.